The number of halogens is 2. The molecule has 0 aliphatic carbocycles. The van der Waals surface area contributed by atoms with Gasteiger partial charge in [0.1, 0.15) is 0 Å². The van der Waals surface area contributed by atoms with Crippen LogP contribution in [0.4, 0.5) is 4.79 Å². The molecule has 1 aliphatic rings. The highest BCUT2D eigenvalue weighted by Crippen LogP contribution is 2.23. The second-order valence-corrected chi connectivity index (χ2v) is 6.52. The van der Waals surface area contributed by atoms with E-state index in [-0.39, 0.29) is 18.6 Å². The summed E-state index contributed by atoms with van der Waals surface area (Å²) in [5.74, 6) is 0. The molecular formula is C15H21Cl2N3O2. The molecule has 5 nitrogen and oxygen atoms in total. The standard InChI is InChI=1S/C15H21Cl2N3O2/c1-20-4-2-13(3-5-20)19-15(22)18-9-14(21)10-6-11(16)8-12(17)7-10/h6-8,13-14,21H,2-5,9H2,1H3,(H2,18,19,22). The third-order valence-corrected chi connectivity index (χ3v) is 4.22. The highest BCUT2D eigenvalue weighted by atomic mass is 35.5. The summed E-state index contributed by atoms with van der Waals surface area (Å²) in [4.78, 5) is 14.1. The Morgan fingerprint density at radius 2 is 1.91 bits per heavy atom. The minimum atomic E-state index is -0.848. The second kappa shape index (κ2) is 8.02. The Balaban J connectivity index is 1.78. The Bertz CT molecular complexity index is 499. The van der Waals surface area contributed by atoms with Gasteiger partial charge in [-0.3, -0.25) is 0 Å². The van der Waals surface area contributed by atoms with E-state index in [1.165, 1.54) is 0 Å². The zero-order valence-electron chi connectivity index (χ0n) is 12.5. The number of amides is 2. The number of aliphatic hydroxyl groups is 1. The topological polar surface area (TPSA) is 64.6 Å². The molecule has 1 fully saturated rings. The number of rotatable bonds is 4. The maximum absolute atomic E-state index is 11.9. The maximum Gasteiger partial charge on any atom is 0.315 e. The van der Waals surface area contributed by atoms with Crippen LogP contribution < -0.4 is 10.6 Å². The lowest BCUT2D eigenvalue weighted by Gasteiger charge is -2.29. The van der Waals surface area contributed by atoms with Gasteiger partial charge in [0.15, 0.2) is 0 Å². The average Bonchev–Trinajstić information content (AvgIpc) is 2.46. The van der Waals surface area contributed by atoms with Crippen LogP contribution in [0.3, 0.4) is 0 Å². The number of carbonyl (C=O) groups is 1. The lowest BCUT2D eigenvalue weighted by molar-refractivity contribution is 0.170. The van der Waals surface area contributed by atoms with Crippen LogP contribution in [0.25, 0.3) is 0 Å². The van der Waals surface area contributed by atoms with Gasteiger partial charge >= 0.3 is 6.03 Å². The monoisotopic (exact) mass is 345 g/mol. The quantitative estimate of drug-likeness (QED) is 0.785. The normalized spacial score (nSPS) is 18.0. The minimum Gasteiger partial charge on any atom is -0.387 e. The molecule has 1 aliphatic heterocycles. The van der Waals surface area contributed by atoms with Gasteiger partial charge in [-0.2, -0.15) is 0 Å². The van der Waals surface area contributed by atoms with E-state index in [9.17, 15) is 9.90 Å². The number of nitrogens with one attached hydrogen (secondary N) is 2. The smallest absolute Gasteiger partial charge is 0.315 e. The van der Waals surface area contributed by atoms with Crippen LogP contribution >= 0.6 is 23.2 Å². The van der Waals surface area contributed by atoms with Gasteiger partial charge in [0.25, 0.3) is 0 Å². The van der Waals surface area contributed by atoms with E-state index >= 15 is 0 Å². The van der Waals surface area contributed by atoms with E-state index in [0.717, 1.165) is 25.9 Å². The summed E-state index contributed by atoms with van der Waals surface area (Å²) in [6.45, 7) is 2.07. The van der Waals surface area contributed by atoms with Gasteiger partial charge in [-0.15, -0.1) is 0 Å². The second-order valence-electron chi connectivity index (χ2n) is 5.65. The van der Waals surface area contributed by atoms with Crippen molar-refractivity contribution < 1.29 is 9.90 Å². The number of nitrogens with zero attached hydrogens (tertiary/aromatic N) is 1. The van der Waals surface area contributed by atoms with Crippen molar-refractivity contribution in [3.63, 3.8) is 0 Å². The third kappa shape index (κ3) is 5.32. The van der Waals surface area contributed by atoms with Crippen molar-refractivity contribution in [3.05, 3.63) is 33.8 Å². The van der Waals surface area contributed by atoms with E-state index in [1.54, 1.807) is 18.2 Å². The van der Waals surface area contributed by atoms with Crippen LogP contribution in [-0.4, -0.2) is 48.8 Å². The molecule has 1 aromatic rings. The molecule has 1 saturated heterocycles. The van der Waals surface area contributed by atoms with Crippen LogP contribution in [0.2, 0.25) is 10.0 Å². The number of aliphatic hydroxyl groups excluding tert-OH is 1. The Hall–Kier alpha value is -1.01. The van der Waals surface area contributed by atoms with Crippen molar-refractivity contribution in [2.45, 2.75) is 25.0 Å². The van der Waals surface area contributed by atoms with Crippen molar-refractivity contribution >= 4 is 29.2 Å². The van der Waals surface area contributed by atoms with Crippen molar-refractivity contribution in [3.8, 4) is 0 Å². The highest BCUT2D eigenvalue weighted by molar-refractivity contribution is 6.34. The average molecular weight is 346 g/mol. The Morgan fingerprint density at radius 3 is 2.50 bits per heavy atom. The van der Waals surface area contributed by atoms with E-state index in [2.05, 4.69) is 22.6 Å². The van der Waals surface area contributed by atoms with Crippen LogP contribution in [0.5, 0.6) is 0 Å². The van der Waals surface area contributed by atoms with Crippen molar-refractivity contribution in [1.82, 2.24) is 15.5 Å². The van der Waals surface area contributed by atoms with E-state index in [4.69, 9.17) is 23.2 Å². The fourth-order valence-corrected chi connectivity index (χ4v) is 3.01. The van der Waals surface area contributed by atoms with Gasteiger partial charge in [-0.1, -0.05) is 23.2 Å². The predicted octanol–water partition coefficient (Wildman–Crippen LogP) is 2.42. The van der Waals surface area contributed by atoms with E-state index in [1.807, 2.05) is 0 Å². The summed E-state index contributed by atoms with van der Waals surface area (Å²) in [5, 5.41) is 16.6. The van der Waals surface area contributed by atoms with Crippen molar-refractivity contribution in [2.75, 3.05) is 26.7 Å². The number of carbonyl (C=O) groups excluding carboxylic acids is 1. The van der Waals surface area contributed by atoms with Gasteiger partial charge in [0.2, 0.25) is 0 Å². The summed E-state index contributed by atoms with van der Waals surface area (Å²) in [5.41, 5.74) is 0.581. The number of urea groups is 1. The van der Waals surface area contributed by atoms with Gasteiger partial charge in [0.05, 0.1) is 6.10 Å². The maximum atomic E-state index is 11.9. The van der Waals surface area contributed by atoms with Crippen molar-refractivity contribution in [2.24, 2.45) is 0 Å². The molecule has 2 amide bonds. The summed E-state index contributed by atoms with van der Waals surface area (Å²) in [6, 6.07) is 4.79. The Labute approximate surface area is 140 Å². The summed E-state index contributed by atoms with van der Waals surface area (Å²) >= 11 is 11.8. The molecule has 0 bridgehead atoms. The zero-order chi connectivity index (χ0) is 16.1. The number of hydrogen-bond acceptors (Lipinski definition) is 3. The van der Waals surface area contributed by atoms with E-state index in [0.29, 0.717) is 15.6 Å². The van der Waals surface area contributed by atoms with Crippen LogP contribution in [0, 0.1) is 0 Å². The summed E-state index contributed by atoms with van der Waals surface area (Å²) in [7, 11) is 2.07. The van der Waals surface area contributed by atoms with Crippen LogP contribution in [0.15, 0.2) is 18.2 Å². The molecule has 1 aromatic carbocycles. The van der Waals surface area contributed by atoms with E-state index < -0.39 is 6.10 Å². The molecule has 1 atom stereocenters. The number of benzene rings is 1. The van der Waals surface area contributed by atoms with Gasteiger partial charge < -0.3 is 20.6 Å². The van der Waals surface area contributed by atoms with Crippen LogP contribution in [0.1, 0.15) is 24.5 Å². The first kappa shape index (κ1) is 17.3. The van der Waals surface area contributed by atoms with Crippen LogP contribution in [-0.2, 0) is 0 Å². The van der Waals surface area contributed by atoms with Gasteiger partial charge in [-0.25, -0.2) is 4.79 Å². The zero-order valence-corrected chi connectivity index (χ0v) is 14.0. The first-order chi connectivity index (χ1) is 10.4. The Kier molecular flexibility index (Phi) is 6.32. The molecule has 7 heteroatoms. The Morgan fingerprint density at radius 1 is 1.32 bits per heavy atom. The molecule has 1 unspecified atom stereocenters. The van der Waals surface area contributed by atoms with Crippen molar-refractivity contribution in [1.29, 1.82) is 0 Å². The molecule has 0 saturated carbocycles. The molecule has 1 heterocycles. The molecule has 0 spiro atoms. The van der Waals surface area contributed by atoms with Gasteiger partial charge in [-0.05, 0) is 56.7 Å². The largest absolute Gasteiger partial charge is 0.387 e. The molecule has 2 rings (SSSR count). The number of likely N-dealkylation sites (tertiary alicyclic amines) is 1. The number of piperidine rings is 1. The third-order valence-electron chi connectivity index (χ3n) is 3.78. The molecular weight excluding hydrogens is 325 g/mol. The number of hydrogen-bond donors (Lipinski definition) is 3. The lowest BCUT2D eigenvalue weighted by atomic mass is 10.1. The fourth-order valence-electron chi connectivity index (χ4n) is 2.46. The SMILES string of the molecule is CN1CCC(NC(=O)NCC(O)c2cc(Cl)cc(Cl)c2)CC1. The predicted molar refractivity (Wildman–Crippen MR) is 88.5 cm³/mol. The first-order valence-corrected chi connectivity index (χ1v) is 8.06. The molecule has 122 valence electrons. The molecule has 22 heavy (non-hydrogen) atoms. The highest BCUT2D eigenvalue weighted by Gasteiger charge is 2.19. The van der Waals surface area contributed by atoms with Gasteiger partial charge in [0, 0.05) is 22.6 Å². The lowest BCUT2D eigenvalue weighted by Crippen LogP contribution is -2.47. The first-order valence-electron chi connectivity index (χ1n) is 7.31. The molecule has 0 radical (unpaired) electrons. The summed E-state index contributed by atoms with van der Waals surface area (Å²) in [6.07, 6.45) is 1.03. The minimum absolute atomic E-state index is 0.106. The summed E-state index contributed by atoms with van der Waals surface area (Å²) < 4.78 is 0. The molecule has 3 N–H and O–H groups in total. The fraction of sp³-hybridized carbons (Fsp3) is 0.533. The molecule has 0 aromatic heterocycles.